The Bertz CT molecular complexity index is 994. The molecular weight excluding hydrogens is 492 g/mol. The molecule has 4 aliphatic carbocycles. The summed E-state index contributed by atoms with van der Waals surface area (Å²) in [6, 6.07) is 0. The fourth-order valence-electron chi connectivity index (χ4n) is 9.96. The molecule has 1 N–H and O–H groups in total. The summed E-state index contributed by atoms with van der Waals surface area (Å²) < 4.78 is 17.1. The van der Waals surface area contributed by atoms with E-state index in [4.69, 9.17) is 14.2 Å². The molecule has 0 aromatic rings. The maximum absolute atomic E-state index is 13.4. The van der Waals surface area contributed by atoms with Crippen molar-refractivity contribution < 1.29 is 28.9 Å². The van der Waals surface area contributed by atoms with Gasteiger partial charge in [0, 0.05) is 45.5 Å². The number of carbonyl (C=O) groups is 2. The molecule has 0 aromatic carbocycles. The van der Waals surface area contributed by atoms with Crippen LogP contribution in [-0.2, 0) is 23.8 Å². The molecule has 0 aromatic heterocycles. The number of aliphatic hydroxyl groups is 1. The molecule has 8 atom stereocenters. The molecule has 0 radical (unpaired) electrons. The van der Waals surface area contributed by atoms with Crippen LogP contribution < -0.4 is 0 Å². The monoisotopic (exact) mass is 546 g/mol. The minimum absolute atomic E-state index is 0.0118. The lowest BCUT2D eigenvalue weighted by molar-refractivity contribution is -0.176. The summed E-state index contributed by atoms with van der Waals surface area (Å²) in [5.74, 6) is 1.12. The van der Waals surface area contributed by atoms with Gasteiger partial charge in [-0.1, -0.05) is 46.3 Å². The number of hydrogen-bond acceptors (Lipinski definition) is 6. The Morgan fingerprint density at radius 1 is 1.05 bits per heavy atom. The summed E-state index contributed by atoms with van der Waals surface area (Å²) in [5.41, 5.74) is 0.480. The topological polar surface area (TPSA) is 82.1 Å². The van der Waals surface area contributed by atoms with Crippen LogP contribution in [0.4, 0.5) is 0 Å². The smallest absolute Gasteiger partial charge is 0.164 e. The average Bonchev–Trinajstić information content (AvgIpc) is 3.17. The van der Waals surface area contributed by atoms with Crippen molar-refractivity contribution >= 4 is 11.6 Å². The largest absolute Gasteiger partial charge is 0.382 e. The minimum atomic E-state index is -1.22. The Labute approximate surface area is 236 Å². The summed E-state index contributed by atoms with van der Waals surface area (Å²) in [7, 11) is 4.81. The summed E-state index contributed by atoms with van der Waals surface area (Å²) in [6.45, 7) is 15.2. The first-order chi connectivity index (χ1) is 18.0. The van der Waals surface area contributed by atoms with E-state index in [-0.39, 0.29) is 45.7 Å². The Hall–Kier alpha value is -1.08. The third kappa shape index (κ3) is 4.51. The lowest BCUT2D eigenvalue weighted by Crippen LogP contribution is -2.57. The molecule has 8 unspecified atom stereocenters. The van der Waals surface area contributed by atoms with Gasteiger partial charge in [0.2, 0.25) is 0 Å². The number of Topliss-reactive ketones (excluding diaryl/α,β-unsaturated/α-hetero) is 2. The third-order valence-electron chi connectivity index (χ3n) is 12.9. The molecule has 4 aliphatic rings. The highest BCUT2D eigenvalue weighted by molar-refractivity contribution is 5.85. The van der Waals surface area contributed by atoms with Crippen molar-refractivity contribution in [2.75, 3.05) is 21.3 Å². The van der Waals surface area contributed by atoms with Crippen LogP contribution in [0.2, 0.25) is 0 Å². The van der Waals surface area contributed by atoms with Gasteiger partial charge >= 0.3 is 0 Å². The van der Waals surface area contributed by atoms with Gasteiger partial charge in [-0.05, 0) is 86.4 Å². The normalized spacial score (nSPS) is 39.4. The summed E-state index contributed by atoms with van der Waals surface area (Å²) >= 11 is 0. The molecule has 0 aliphatic heterocycles. The average molecular weight is 547 g/mol. The van der Waals surface area contributed by atoms with Gasteiger partial charge in [0.15, 0.2) is 12.1 Å². The van der Waals surface area contributed by atoms with E-state index in [1.807, 2.05) is 0 Å². The number of allylic oxidation sites excluding steroid dienone is 2. The van der Waals surface area contributed by atoms with E-state index in [9.17, 15) is 14.7 Å². The maximum atomic E-state index is 13.4. The van der Waals surface area contributed by atoms with Gasteiger partial charge in [-0.15, -0.1) is 0 Å². The lowest BCUT2D eigenvalue weighted by Gasteiger charge is -2.63. The zero-order valence-corrected chi connectivity index (χ0v) is 26.2. The van der Waals surface area contributed by atoms with Crippen molar-refractivity contribution in [3.8, 4) is 0 Å². The molecule has 0 bridgehead atoms. The SMILES string of the molecule is COC(OC)C(CC(=O)C(O)C(C)(C)OC)C1CCC2(C)C3=CCC4C(C)(C)C(=O)CCC4(C)C3CCC12C. The Morgan fingerprint density at radius 3 is 2.28 bits per heavy atom. The molecule has 6 nitrogen and oxygen atoms in total. The van der Waals surface area contributed by atoms with Gasteiger partial charge in [-0.3, -0.25) is 9.59 Å². The van der Waals surface area contributed by atoms with E-state index in [1.54, 1.807) is 33.6 Å². The second kappa shape index (κ2) is 10.3. The van der Waals surface area contributed by atoms with Crippen molar-refractivity contribution in [2.24, 2.45) is 45.3 Å². The quantitative estimate of drug-likeness (QED) is 0.276. The second-order valence-electron chi connectivity index (χ2n) is 15.0. The van der Waals surface area contributed by atoms with Crippen LogP contribution in [0.15, 0.2) is 11.6 Å². The van der Waals surface area contributed by atoms with Crippen LogP contribution in [0.5, 0.6) is 0 Å². The molecule has 39 heavy (non-hydrogen) atoms. The number of fused-ring (bicyclic) bond motifs is 5. The van der Waals surface area contributed by atoms with Crippen molar-refractivity contribution in [1.82, 2.24) is 0 Å². The highest BCUT2D eigenvalue weighted by Gasteiger charge is 2.66. The fourth-order valence-corrected chi connectivity index (χ4v) is 9.96. The Kier molecular flexibility index (Phi) is 8.17. The fraction of sp³-hybridized carbons (Fsp3) is 0.879. The van der Waals surface area contributed by atoms with Crippen LogP contribution >= 0.6 is 0 Å². The molecule has 0 heterocycles. The van der Waals surface area contributed by atoms with E-state index in [0.29, 0.717) is 24.0 Å². The molecule has 6 heteroatoms. The van der Waals surface area contributed by atoms with Gasteiger partial charge in [0.1, 0.15) is 11.9 Å². The number of aliphatic hydroxyl groups excluding tert-OH is 1. The number of rotatable bonds is 9. The van der Waals surface area contributed by atoms with Gasteiger partial charge < -0.3 is 19.3 Å². The van der Waals surface area contributed by atoms with Gasteiger partial charge in [0.05, 0.1) is 5.60 Å². The van der Waals surface area contributed by atoms with E-state index >= 15 is 0 Å². The van der Waals surface area contributed by atoms with Gasteiger partial charge in [-0.2, -0.15) is 0 Å². The first-order valence-corrected chi connectivity index (χ1v) is 15.1. The summed E-state index contributed by atoms with van der Waals surface area (Å²) in [5, 5.41) is 10.9. The zero-order valence-electron chi connectivity index (χ0n) is 26.2. The number of hydrogen-bond donors (Lipinski definition) is 1. The molecule has 4 rings (SSSR count). The van der Waals surface area contributed by atoms with Crippen LogP contribution in [0.1, 0.15) is 99.8 Å². The highest BCUT2D eigenvalue weighted by atomic mass is 16.7. The van der Waals surface area contributed by atoms with Crippen LogP contribution in [0, 0.1) is 45.3 Å². The van der Waals surface area contributed by atoms with Gasteiger partial charge in [-0.25, -0.2) is 0 Å². The van der Waals surface area contributed by atoms with Crippen LogP contribution in [-0.4, -0.2) is 56.0 Å². The second-order valence-corrected chi connectivity index (χ2v) is 15.0. The minimum Gasteiger partial charge on any atom is -0.382 e. The van der Waals surface area contributed by atoms with Gasteiger partial charge in [0.25, 0.3) is 0 Å². The zero-order chi connectivity index (χ0) is 29.2. The number of ketones is 2. The summed E-state index contributed by atoms with van der Waals surface area (Å²) in [6.07, 6.45) is 7.85. The molecule has 0 amide bonds. The number of carbonyl (C=O) groups excluding carboxylic acids is 2. The van der Waals surface area contributed by atoms with E-state index in [2.05, 4.69) is 40.7 Å². The predicted molar refractivity (Wildman–Crippen MR) is 152 cm³/mol. The van der Waals surface area contributed by atoms with E-state index < -0.39 is 18.0 Å². The molecular formula is C33H54O6. The molecule has 3 saturated carbocycles. The van der Waals surface area contributed by atoms with E-state index in [1.165, 1.54) is 7.11 Å². The Morgan fingerprint density at radius 2 is 1.69 bits per heavy atom. The van der Waals surface area contributed by atoms with Crippen molar-refractivity contribution in [3.63, 3.8) is 0 Å². The maximum Gasteiger partial charge on any atom is 0.164 e. The third-order valence-corrected chi connectivity index (χ3v) is 12.9. The standard InChI is InChI=1S/C33H54O6/c1-29(2)25-12-11-23-22(31(25,5)16-15-26(29)35)14-18-32(6)21(13-17-33(23,32)7)20(28(37-8)38-9)19-24(34)27(36)30(3,4)39-10/h11,20-22,25,27-28,36H,12-19H2,1-10H3. The van der Waals surface area contributed by atoms with Crippen LogP contribution in [0.25, 0.3) is 0 Å². The Balaban J connectivity index is 1.69. The van der Waals surface area contributed by atoms with Crippen molar-refractivity contribution in [2.45, 2.75) is 118 Å². The molecule has 0 saturated heterocycles. The predicted octanol–water partition coefficient (Wildman–Crippen LogP) is 6.14. The lowest BCUT2D eigenvalue weighted by atomic mass is 9.41. The number of ether oxygens (including phenoxy) is 3. The first-order valence-electron chi connectivity index (χ1n) is 15.1. The molecule has 3 fully saturated rings. The first kappa shape index (κ1) is 30.9. The van der Waals surface area contributed by atoms with Crippen molar-refractivity contribution in [3.05, 3.63) is 11.6 Å². The summed E-state index contributed by atoms with van der Waals surface area (Å²) in [4.78, 5) is 26.4. The van der Waals surface area contributed by atoms with E-state index in [0.717, 1.165) is 38.5 Å². The highest BCUT2D eigenvalue weighted by Crippen LogP contribution is 2.73. The molecule has 222 valence electrons. The molecule has 0 spiro atoms. The van der Waals surface area contributed by atoms with Crippen molar-refractivity contribution in [1.29, 1.82) is 0 Å². The van der Waals surface area contributed by atoms with Crippen LogP contribution in [0.3, 0.4) is 0 Å². The number of methoxy groups -OCH3 is 3.